The number of rotatable bonds is 3. The summed E-state index contributed by atoms with van der Waals surface area (Å²) >= 11 is 3.38. The molecule has 0 aliphatic carbocycles. The van der Waals surface area contributed by atoms with Gasteiger partial charge in [0.25, 0.3) is 0 Å². The SMILES string of the molecule is O=C(NCc1cccc(Br)c1)Nc1ccccn1. The van der Waals surface area contributed by atoms with Gasteiger partial charge in [0, 0.05) is 17.2 Å². The van der Waals surface area contributed by atoms with Crippen LogP contribution in [0.25, 0.3) is 0 Å². The third-order valence-corrected chi connectivity index (χ3v) is 2.74. The monoisotopic (exact) mass is 305 g/mol. The molecule has 2 aromatic rings. The normalized spacial score (nSPS) is 9.83. The molecule has 2 N–H and O–H groups in total. The molecule has 0 atom stereocenters. The lowest BCUT2D eigenvalue weighted by molar-refractivity contribution is 0.251. The van der Waals surface area contributed by atoms with Crippen molar-refractivity contribution in [2.24, 2.45) is 0 Å². The second-order valence-corrected chi connectivity index (χ2v) is 4.57. The van der Waals surface area contributed by atoms with Crippen molar-refractivity contribution in [3.05, 3.63) is 58.7 Å². The third kappa shape index (κ3) is 3.85. The molecule has 0 saturated heterocycles. The molecule has 0 fully saturated rings. The van der Waals surface area contributed by atoms with Gasteiger partial charge in [0.1, 0.15) is 5.82 Å². The number of urea groups is 1. The van der Waals surface area contributed by atoms with Crippen molar-refractivity contribution in [1.82, 2.24) is 10.3 Å². The molecule has 5 heteroatoms. The predicted octanol–water partition coefficient (Wildman–Crippen LogP) is 3.17. The number of nitrogens with zero attached hydrogens (tertiary/aromatic N) is 1. The zero-order valence-corrected chi connectivity index (χ0v) is 11.1. The Balaban J connectivity index is 1.85. The van der Waals surface area contributed by atoms with Gasteiger partial charge in [-0.3, -0.25) is 5.32 Å². The molecule has 0 spiro atoms. The maximum absolute atomic E-state index is 11.6. The van der Waals surface area contributed by atoms with Crippen LogP contribution in [-0.2, 0) is 6.54 Å². The minimum absolute atomic E-state index is 0.270. The van der Waals surface area contributed by atoms with Gasteiger partial charge in [-0.05, 0) is 29.8 Å². The summed E-state index contributed by atoms with van der Waals surface area (Å²) in [6.07, 6.45) is 1.63. The summed E-state index contributed by atoms with van der Waals surface area (Å²) in [4.78, 5) is 15.6. The maximum Gasteiger partial charge on any atom is 0.320 e. The van der Waals surface area contributed by atoms with E-state index in [2.05, 4.69) is 31.5 Å². The summed E-state index contributed by atoms with van der Waals surface area (Å²) in [7, 11) is 0. The Hall–Kier alpha value is -1.88. The van der Waals surface area contributed by atoms with Gasteiger partial charge < -0.3 is 5.32 Å². The molecule has 2 rings (SSSR count). The predicted molar refractivity (Wildman–Crippen MR) is 74.2 cm³/mol. The lowest BCUT2D eigenvalue weighted by Crippen LogP contribution is -2.28. The zero-order valence-electron chi connectivity index (χ0n) is 9.56. The van der Waals surface area contributed by atoms with Crippen LogP contribution in [-0.4, -0.2) is 11.0 Å². The summed E-state index contributed by atoms with van der Waals surface area (Å²) in [5, 5.41) is 5.42. The van der Waals surface area contributed by atoms with Crippen LogP contribution in [0.15, 0.2) is 53.1 Å². The minimum Gasteiger partial charge on any atom is -0.334 e. The fourth-order valence-electron chi connectivity index (χ4n) is 1.43. The van der Waals surface area contributed by atoms with Crippen LogP contribution < -0.4 is 10.6 Å². The van der Waals surface area contributed by atoms with Crippen LogP contribution >= 0.6 is 15.9 Å². The van der Waals surface area contributed by atoms with Gasteiger partial charge in [0.2, 0.25) is 0 Å². The first-order valence-corrected chi connectivity index (χ1v) is 6.24. The van der Waals surface area contributed by atoms with Gasteiger partial charge in [-0.25, -0.2) is 9.78 Å². The van der Waals surface area contributed by atoms with Crippen LogP contribution in [0.4, 0.5) is 10.6 Å². The molecule has 92 valence electrons. The van der Waals surface area contributed by atoms with E-state index in [4.69, 9.17) is 0 Å². The molecule has 0 unspecified atom stereocenters. The molecule has 1 aromatic heterocycles. The average molecular weight is 306 g/mol. The number of halogens is 1. The van der Waals surface area contributed by atoms with E-state index in [9.17, 15) is 4.79 Å². The Labute approximate surface area is 114 Å². The van der Waals surface area contributed by atoms with E-state index < -0.39 is 0 Å². The van der Waals surface area contributed by atoms with E-state index in [1.807, 2.05) is 30.3 Å². The number of anilines is 1. The van der Waals surface area contributed by atoms with E-state index in [-0.39, 0.29) is 6.03 Å². The van der Waals surface area contributed by atoms with Crippen molar-refractivity contribution in [3.8, 4) is 0 Å². The number of pyridine rings is 1. The van der Waals surface area contributed by atoms with Crippen molar-refractivity contribution in [2.45, 2.75) is 6.54 Å². The summed E-state index contributed by atoms with van der Waals surface area (Å²) in [6.45, 7) is 0.470. The Morgan fingerprint density at radius 1 is 1.22 bits per heavy atom. The molecule has 4 nitrogen and oxygen atoms in total. The van der Waals surface area contributed by atoms with Crippen molar-refractivity contribution in [2.75, 3.05) is 5.32 Å². The first-order chi connectivity index (χ1) is 8.74. The van der Waals surface area contributed by atoms with Crippen LogP contribution in [0.3, 0.4) is 0 Å². The van der Waals surface area contributed by atoms with Crippen LogP contribution in [0.5, 0.6) is 0 Å². The maximum atomic E-state index is 11.6. The number of benzene rings is 1. The average Bonchev–Trinajstić information content (AvgIpc) is 2.38. The van der Waals surface area contributed by atoms with Crippen LogP contribution in [0, 0.1) is 0 Å². The molecule has 0 aliphatic heterocycles. The van der Waals surface area contributed by atoms with E-state index in [0.717, 1.165) is 10.0 Å². The Kier molecular flexibility index (Phi) is 4.30. The molecular formula is C13H12BrN3O. The van der Waals surface area contributed by atoms with Gasteiger partial charge in [0.05, 0.1) is 0 Å². The first kappa shape index (κ1) is 12.6. The number of carbonyl (C=O) groups excluding carboxylic acids is 1. The van der Waals surface area contributed by atoms with Gasteiger partial charge in [-0.15, -0.1) is 0 Å². The fourth-order valence-corrected chi connectivity index (χ4v) is 1.87. The molecule has 0 radical (unpaired) electrons. The van der Waals surface area contributed by atoms with Crippen molar-refractivity contribution >= 4 is 27.8 Å². The Bertz CT molecular complexity index is 531. The highest BCUT2D eigenvalue weighted by Crippen LogP contribution is 2.11. The largest absolute Gasteiger partial charge is 0.334 e. The number of nitrogens with one attached hydrogen (secondary N) is 2. The van der Waals surface area contributed by atoms with Gasteiger partial charge in [0.15, 0.2) is 0 Å². The van der Waals surface area contributed by atoms with Gasteiger partial charge in [-0.1, -0.05) is 34.1 Å². The third-order valence-electron chi connectivity index (χ3n) is 2.25. The van der Waals surface area contributed by atoms with Crippen molar-refractivity contribution < 1.29 is 4.79 Å². The lowest BCUT2D eigenvalue weighted by atomic mass is 10.2. The molecule has 1 aromatic carbocycles. The van der Waals surface area contributed by atoms with E-state index >= 15 is 0 Å². The first-order valence-electron chi connectivity index (χ1n) is 5.44. The number of amides is 2. The van der Waals surface area contributed by atoms with Crippen molar-refractivity contribution in [3.63, 3.8) is 0 Å². The Morgan fingerprint density at radius 3 is 2.83 bits per heavy atom. The minimum atomic E-state index is -0.270. The second-order valence-electron chi connectivity index (χ2n) is 3.65. The summed E-state index contributed by atoms with van der Waals surface area (Å²) in [6, 6.07) is 12.9. The van der Waals surface area contributed by atoms with Crippen LogP contribution in [0.2, 0.25) is 0 Å². The van der Waals surface area contributed by atoms with Crippen LogP contribution in [0.1, 0.15) is 5.56 Å². The highest BCUT2D eigenvalue weighted by molar-refractivity contribution is 9.10. The summed E-state index contributed by atoms with van der Waals surface area (Å²) in [5.41, 5.74) is 1.03. The number of carbonyl (C=O) groups is 1. The zero-order chi connectivity index (χ0) is 12.8. The van der Waals surface area contributed by atoms with E-state index in [0.29, 0.717) is 12.4 Å². The molecular weight excluding hydrogens is 294 g/mol. The number of hydrogen-bond acceptors (Lipinski definition) is 2. The molecule has 18 heavy (non-hydrogen) atoms. The van der Waals surface area contributed by atoms with Gasteiger partial charge in [-0.2, -0.15) is 0 Å². The molecule has 1 heterocycles. The molecule has 2 amide bonds. The fraction of sp³-hybridized carbons (Fsp3) is 0.0769. The van der Waals surface area contributed by atoms with E-state index in [1.165, 1.54) is 0 Å². The highest BCUT2D eigenvalue weighted by Gasteiger charge is 2.01. The second kappa shape index (κ2) is 6.16. The molecule has 0 bridgehead atoms. The van der Waals surface area contributed by atoms with Gasteiger partial charge >= 0.3 is 6.03 Å². The molecule has 0 aliphatic rings. The van der Waals surface area contributed by atoms with Crippen molar-refractivity contribution in [1.29, 1.82) is 0 Å². The quantitative estimate of drug-likeness (QED) is 0.915. The number of aromatic nitrogens is 1. The topological polar surface area (TPSA) is 54.0 Å². The van der Waals surface area contributed by atoms with E-state index in [1.54, 1.807) is 18.3 Å². The standard InChI is InChI=1S/C13H12BrN3O/c14-11-5-3-4-10(8-11)9-16-13(18)17-12-6-1-2-7-15-12/h1-8H,9H2,(H2,15,16,17,18). The molecule has 0 saturated carbocycles. The smallest absolute Gasteiger partial charge is 0.320 e. The lowest BCUT2D eigenvalue weighted by Gasteiger charge is -2.07. The summed E-state index contributed by atoms with van der Waals surface area (Å²) in [5.74, 6) is 0.532. The summed E-state index contributed by atoms with van der Waals surface area (Å²) < 4.78 is 0.993. The Morgan fingerprint density at radius 2 is 2.11 bits per heavy atom. The highest BCUT2D eigenvalue weighted by atomic mass is 79.9. The number of hydrogen-bond donors (Lipinski definition) is 2.